The smallest absolute Gasteiger partial charge is 0.433 e. The van der Waals surface area contributed by atoms with Crippen molar-refractivity contribution in [2.24, 2.45) is 0 Å². The van der Waals surface area contributed by atoms with Gasteiger partial charge in [0, 0.05) is 41.8 Å². The molecule has 1 atom stereocenters. The highest BCUT2D eigenvalue weighted by molar-refractivity contribution is 9.10. The molecule has 1 amide bonds. The molecule has 0 aliphatic carbocycles. The molecule has 12 heteroatoms. The Labute approximate surface area is 237 Å². The number of aliphatic hydroxyl groups is 1. The van der Waals surface area contributed by atoms with Gasteiger partial charge in [0.2, 0.25) is 0 Å². The number of carbonyl (C=O) groups is 1. The fourth-order valence-electron chi connectivity index (χ4n) is 5.15. The molecule has 2 aromatic heterocycles. The van der Waals surface area contributed by atoms with Crippen molar-refractivity contribution in [1.82, 2.24) is 24.4 Å². The lowest BCUT2D eigenvalue weighted by atomic mass is 10.0. The van der Waals surface area contributed by atoms with Crippen LogP contribution < -0.4 is 4.74 Å². The van der Waals surface area contributed by atoms with E-state index in [9.17, 15) is 23.1 Å². The zero-order chi connectivity index (χ0) is 28.6. The molecule has 1 aliphatic heterocycles. The van der Waals surface area contributed by atoms with E-state index in [1.54, 1.807) is 29.2 Å². The number of nitrogens with zero attached hydrogens (tertiary/aromatic N) is 5. The van der Waals surface area contributed by atoms with Gasteiger partial charge in [-0.1, -0.05) is 34.1 Å². The van der Waals surface area contributed by atoms with E-state index in [0.29, 0.717) is 42.0 Å². The van der Waals surface area contributed by atoms with E-state index < -0.39 is 17.8 Å². The Balaban J connectivity index is 1.46. The normalized spacial score (nSPS) is 15.4. The lowest BCUT2D eigenvalue weighted by Crippen LogP contribution is -2.50. The van der Waals surface area contributed by atoms with Crippen LogP contribution in [0.4, 0.5) is 13.2 Å². The number of piperazine rings is 1. The summed E-state index contributed by atoms with van der Waals surface area (Å²) in [6.07, 6.45) is -3.57. The Kier molecular flexibility index (Phi) is 7.85. The number of fused-ring (bicyclic) bond motifs is 1. The minimum atomic E-state index is -4.73. The van der Waals surface area contributed by atoms with Crippen LogP contribution in [0.2, 0.25) is 0 Å². The van der Waals surface area contributed by atoms with Gasteiger partial charge in [-0.05, 0) is 42.8 Å². The molecule has 1 fully saturated rings. The molecule has 0 spiro atoms. The zero-order valence-electron chi connectivity index (χ0n) is 21.8. The predicted octanol–water partition coefficient (Wildman–Crippen LogP) is 4.99. The summed E-state index contributed by atoms with van der Waals surface area (Å²) in [6.45, 7) is 2.88. The van der Waals surface area contributed by atoms with Gasteiger partial charge in [0.25, 0.3) is 5.91 Å². The number of hydrogen-bond donors (Lipinski definition) is 1. The summed E-state index contributed by atoms with van der Waals surface area (Å²) in [7, 11) is 1.50. The molecule has 2 aromatic carbocycles. The number of ether oxygens (including phenoxy) is 1. The fraction of sp³-hybridized carbons (Fsp3) is 0.321. The van der Waals surface area contributed by atoms with Crippen molar-refractivity contribution in [2.45, 2.75) is 19.1 Å². The van der Waals surface area contributed by atoms with Gasteiger partial charge < -0.3 is 14.7 Å². The lowest BCUT2D eigenvalue weighted by molar-refractivity contribution is -0.143. The quantitative estimate of drug-likeness (QED) is 0.328. The third-order valence-electron chi connectivity index (χ3n) is 7.23. The first kappa shape index (κ1) is 28.1. The minimum absolute atomic E-state index is 0.00164. The molecule has 1 saturated heterocycles. The van der Waals surface area contributed by atoms with Crippen LogP contribution in [0, 0.1) is 6.92 Å². The van der Waals surface area contributed by atoms with E-state index in [4.69, 9.17) is 4.74 Å². The van der Waals surface area contributed by atoms with Gasteiger partial charge in [-0.15, -0.1) is 0 Å². The molecule has 0 radical (unpaired) electrons. The number of amides is 1. The Hall–Kier alpha value is -3.48. The molecule has 8 nitrogen and oxygen atoms in total. The van der Waals surface area contributed by atoms with Crippen molar-refractivity contribution in [3.63, 3.8) is 0 Å². The van der Waals surface area contributed by atoms with Crippen molar-refractivity contribution in [3.8, 4) is 17.0 Å². The van der Waals surface area contributed by atoms with Crippen LogP contribution in [-0.4, -0.2) is 75.3 Å². The maximum absolute atomic E-state index is 14.2. The largest absolute Gasteiger partial charge is 0.497 e. The number of aliphatic hydroxyl groups excluding tert-OH is 1. The molecular weight excluding hydrogens is 591 g/mol. The van der Waals surface area contributed by atoms with E-state index in [1.165, 1.54) is 14.0 Å². The highest BCUT2D eigenvalue weighted by atomic mass is 79.9. The Bertz CT molecular complexity index is 1530. The molecule has 210 valence electrons. The third-order valence-corrected chi connectivity index (χ3v) is 7.95. The van der Waals surface area contributed by atoms with Crippen molar-refractivity contribution in [3.05, 3.63) is 81.6 Å². The number of hydrogen-bond acceptors (Lipinski definition) is 6. The molecule has 3 heterocycles. The molecule has 0 saturated carbocycles. The van der Waals surface area contributed by atoms with Crippen molar-refractivity contribution in [2.75, 3.05) is 39.9 Å². The first-order valence-corrected chi connectivity index (χ1v) is 13.4. The highest BCUT2D eigenvalue weighted by Crippen LogP contribution is 2.37. The van der Waals surface area contributed by atoms with Gasteiger partial charge in [0.1, 0.15) is 11.3 Å². The number of rotatable bonds is 6. The van der Waals surface area contributed by atoms with Gasteiger partial charge in [-0.25, -0.2) is 9.50 Å². The molecule has 1 N–H and O–H groups in total. The molecular formula is C28H27BrF3N5O3. The summed E-state index contributed by atoms with van der Waals surface area (Å²) in [5.41, 5.74) is 0.283. The topological polar surface area (TPSA) is 83.2 Å². The maximum atomic E-state index is 14.2. The summed E-state index contributed by atoms with van der Waals surface area (Å²) in [4.78, 5) is 21.8. The van der Waals surface area contributed by atoms with Crippen molar-refractivity contribution >= 4 is 27.5 Å². The third kappa shape index (κ3) is 5.18. The Morgan fingerprint density at radius 1 is 1.10 bits per heavy atom. The van der Waals surface area contributed by atoms with Crippen LogP contribution in [-0.2, 0) is 6.18 Å². The monoisotopic (exact) mass is 617 g/mol. The van der Waals surface area contributed by atoms with E-state index in [1.807, 2.05) is 24.3 Å². The number of aromatic nitrogens is 3. The second kappa shape index (κ2) is 11.2. The van der Waals surface area contributed by atoms with Gasteiger partial charge in [0.05, 0.1) is 31.6 Å². The number of methoxy groups -OCH3 is 1. The molecule has 0 unspecified atom stereocenters. The molecule has 4 aromatic rings. The average Bonchev–Trinajstić information content (AvgIpc) is 3.36. The number of benzene rings is 2. The highest BCUT2D eigenvalue weighted by Gasteiger charge is 2.39. The summed E-state index contributed by atoms with van der Waals surface area (Å²) in [5, 5.41) is 14.0. The fourth-order valence-corrected chi connectivity index (χ4v) is 5.70. The first-order valence-electron chi connectivity index (χ1n) is 12.6. The van der Waals surface area contributed by atoms with Crippen LogP contribution in [0.5, 0.6) is 5.75 Å². The van der Waals surface area contributed by atoms with Gasteiger partial charge in [-0.2, -0.15) is 18.3 Å². The second-order valence-corrected chi connectivity index (χ2v) is 10.4. The van der Waals surface area contributed by atoms with Gasteiger partial charge in [-0.3, -0.25) is 9.69 Å². The number of alkyl halides is 3. The van der Waals surface area contributed by atoms with Crippen LogP contribution in [0.1, 0.15) is 33.2 Å². The summed E-state index contributed by atoms with van der Waals surface area (Å²) in [6, 6.07) is 13.9. The molecule has 0 bridgehead atoms. The van der Waals surface area contributed by atoms with E-state index in [0.717, 1.165) is 16.2 Å². The Morgan fingerprint density at radius 3 is 2.38 bits per heavy atom. The predicted molar refractivity (Wildman–Crippen MR) is 146 cm³/mol. The summed E-state index contributed by atoms with van der Waals surface area (Å²) in [5.74, 6) is 0.113. The summed E-state index contributed by atoms with van der Waals surface area (Å²) >= 11 is 3.54. The molecule has 5 rings (SSSR count). The van der Waals surface area contributed by atoms with E-state index in [2.05, 4.69) is 30.9 Å². The minimum Gasteiger partial charge on any atom is -0.497 e. The first-order chi connectivity index (χ1) is 19.1. The van der Waals surface area contributed by atoms with Crippen LogP contribution in [0.25, 0.3) is 16.9 Å². The molecule has 1 aliphatic rings. The Morgan fingerprint density at radius 2 is 1.77 bits per heavy atom. The second-order valence-electron chi connectivity index (χ2n) is 9.50. The van der Waals surface area contributed by atoms with Gasteiger partial charge >= 0.3 is 6.18 Å². The number of halogens is 4. The van der Waals surface area contributed by atoms with Crippen LogP contribution in [0.3, 0.4) is 0 Å². The molecule has 40 heavy (non-hydrogen) atoms. The van der Waals surface area contributed by atoms with Crippen molar-refractivity contribution in [1.29, 1.82) is 0 Å². The average molecular weight is 618 g/mol. The lowest BCUT2D eigenvalue weighted by Gasteiger charge is -2.39. The SMILES string of the molecule is COc1ccc(-c2nc3c(C(=O)N4CCN([C@@H](CO)c5ccccc5Br)CC4)cnn3c(C(F)(F)F)c2C)cc1. The van der Waals surface area contributed by atoms with Gasteiger partial charge in [0.15, 0.2) is 11.3 Å². The maximum Gasteiger partial charge on any atom is 0.433 e. The van der Waals surface area contributed by atoms with Crippen LogP contribution in [0.15, 0.2) is 59.2 Å². The van der Waals surface area contributed by atoms with E-state index in [-0.39, 0.29) is 35.1 Å². The van der Waals surface area contributed by atoms with Crippen LogP contribution >= 0.6 is 15.9 Å². The van der Waals surface area contributed by atoms with E-state index >= 15 is 0 Å². The standard InChI is InChI=1S/C28H27BrF3N5O3/c1-17-24(18-7-9-19(40-2)10-8-18)34-26-21(15-33-37(26)25(17)28(30,31)32)27(39)36-13-11-35(12-14-36)23(16-38)20-5-3-4-6-22(20)29/h3-10,15,23,38H,11-14,16H2,1-2H3/t23-/m0/s1. The number of carbonyl (C=O) groups excluding carboxylic acids is 1. The zero-order valence-corrected chi connectivity index (χ0v) is 23.4. The van der Waals surface area contributed by atoms with Crippen molar-refractivity contribution < 1.29 is 27.8 Å². The summed E-state index contributed by atoms with van der Waals surface area (Å²) < 4.78 is 49.5.